The van der Waals surface area contributed by atoms with Gasteiger partial charge in [0.25, 0.3) is 0 Å². The molecule has 2 atom stereocenters. The van der Waals surface area contributed by atoms with E-state index in [9.17, 15) is 4.79 Å². The molecule has 24 heavy (non-hydrogen) atoms. The minimum absolute atomic E-state index is 0.140. The van der Waals surface area contributed by atoms with Crippen LogP contribution in [0.15, 0.2) is 60.7 Å². The third-order valence-electron chi connectivity index (χ3n) is 5.86. The average molecular weight is 312 g/mol. The van der Waals surface area contributed by atoms with Crippen LogP contribution >= 0.6 is 0 Å². The van der Waals surface area contributed by atoms with Crippen molar-refractivity contribution in [1.29, 1.82) is 0 Å². The zero-order valence-corrected chi connectivity index (χ0v) is 13.7. The second kappa shape index (κ2) is 5.31. The molecular formula is C23H20O. The number of carbonyl (C=O) groups excluding carboxylic acids is 1. The number of ketones is 1. The predicted molar refractivity (Wildman–Crippen MR) is 97.2 cm³/mol. The summed E-state index contributed by atoms with van der Waals surface area (Å²) in [4.78, 5) is 13.1. The maximum Gasteiger partial charge on any atom is 0.140 e. The summed E-state index contributed by atoms with van der Waals surface area (Å²) >= 11 is 0. The van der Waals surface area contributed by atoms with Gasteiger partial charge in [-0.3, -0.25) is 4.79 Å². The van der Waals surface area contributed by atoms with Crippen molar-refractivity contribution >= 4 is 16.6 Å². The van der Waals surface area contributed by atoms with Crippen LogP contribution in [0, 0.1) is 11.8 Å². The second-order valence-electron chi connectivity index (χ2n) is 7.35. The Bertz CT molecular complexity index is 878. The summed E-state index contributed by atoms with van der Waals surface area (Å²) in [5.74, 6) is 0.758. The first kappa shape index (κ1) is 14.0. The minimum Gasteiger partial charge on any atom is -0.299 e. The molecule has 0 amide bonds. The highest BCUT2D eigenvalue weighted by Crippen LogP contribution is 2.35. The molecule has 1 nitrogen and oxygen atoms in total. The SMILES string of the molecule is O=C1C2Cc3ccccc3CC1Cc1cc3ccccc3cc1C2. The van der Waals surface area contributed by atoms with E-state index in [4.69, 9.17) is 0 Å². The average Bonchev–Trinajstić information content (AvgIpc) is 2.81. The molecule has 0 radical (unpaired) electrons. The number of Topliss-reactive ketones (excluding diaryl/α,β-unsaturated/α-hetero) is 1. The molecule has 3 aromatic carbocycles. The van der Waals surface area contributed by atoms with Gasteiger partial charge in [-0.1, -0.05) is 60.7 Å². The van der Waals surface area contributed by atoms with Gasteiger partial charge in [-0.2, -0.15) is 0 Å². The highest BCUT2D eigenvalue weighted by atomic mass is 16.1. The van der Waals surface area contributed by atoms with Crippen molar-refractivity contribution in [3.63, 3.8) is 0 Å². The van der Waals surface area contributed by atoms with E-state index < -0.39 is 0 Å². The molecule has 0 heterocycles. The molecular weight excluding hydrogens is 292 g/mol. The van der Waals surface area contributed by atoms with E-state index in [0.717, 1.165) is 25.7 Å². The van der Waals surface area contributed by atoms with E-state index in [1.807, 2.05) is 0 Å². The molecule has 0 spiro atoms. The normalized spacial score (nSPS) is 22.4. The van der Waals surface area contributed by atoms with Gasteiger partial charge in [0, 0.05) is 11.8 Å². The fourth-order valence-corrected chi connectivity index (χ4v) is 4.61. The Kier molecular flexibility index (Phi) is 3.09. The molecule has 2 unspecified atom stereocenters. The van der Waals surface area contributed by atoms with Crippen LogP contribution in [0.1, 0.15) is 22.3 Å². The van der Waals surface area contributed by atoms with Crippen LogP contribution < -0.4 is 0 Å². The van der Waals surface area contributed by atoms with Gasteiger partial charge in [0.15, 0.2) is 0 Å². The van der Waals surface area contributed by atoms with Crippen LogP contribution in [0.25, 0.3) is 10.8 Å². The maximum absolute atomic E-state index is 13.1. The third kappa shape index (κ3) is 2.19. The predicted octanol–water partition coefficient (Wildman–Crippen LogP) is 4.54. The molecule has 0 fully saturated rings. The lowest BCUT2D eigenvalue weighted by Crippen LogP contribution is -2.24. The Hall–Kier alpha value is -2.41. The quantitative estimate of drug-likeness (QED) is 0.595. The van der Waals surface area contributed by atoms with Crippen LogP contribution in [-0.4, -0.2) is 5.78 Å². The van der Waals surface area contributed by atoms with Gasteiger partial charge in [-0.15, -0.1) is 0 Å². The Morgan fingerprint density at radius 3 is 1.50 bits per heavy atom. The number of hydrogen-bond acceptors (Lipinski definition) is 1. The Morgan fingerprint density at radius 2 is 1.00 bits per heavy atom. The molecule has 5 rings (SSSR count). The highest BCUT2D eigenvalue weighted by molar-refractivity contribution is 5.88. The van der Waals surface area contributed by atoms with E-state index in [-0.39, 0.29) is 11.8 Å². The van der Waals surface area contributed by atoms with Gasteiger partial charge in [-0.25, -0.2) is 0 Å². The molecule has 2 bridgehead atoms. The Balaban J connectivity index is 1.64. The Morgan fingerprint density at radius 1 is 0.583 bits per heavy atom. The molecule has 1 heteroatoms. The van der Waals surface area contributed by atoms with Crippen molar-refractivity contribution in [2.24, 2.45) is 11.8 Å². The van der Waals surface area contributed by atoms with Crippen molar-refractivity contribution < 1.29 is 4.79 Å². The first-order valence-electron chi connectivity index (χ1n) is 8.89. The van der Waals surface area contributed by atoms with Gasteiger partial charge < -0.3 is 0 Å². The van der Waals surface area contributed by atoms with Crippen molar-refractivity contribution in [3.05, 3.63) is 82.9 Å². The summed E-state index contributed by atoms with van der Waals surface area (Å²) in [6.45, 7) is 0. The fourth-order valence-electron chi connectivity index (χ4n) is 4.61. The fraction of sp³-hybridized carbons (Fsp3) is 0.261. The lowest BCUT2D eigenvalue weighted by molar-refractivity contribution is -0.126. The van der Waals surface area contributed by atoms with E-state index in [1.54, 1.807) is 0 Å². The topological polar surface area (TPSA) is 17.1 Å². The lowest BCUT2D eigenvalue weighted by atomic mass is 9.89. The molecule has 0 aliphatic heterocycles. The van der Waals surface area contributed by atoms with E-state index in [0.29, 0.717) is 5.78 Å². The zero-order valence-electron chi connectivity index (χ0n) is 13.7. The minimum atomic E-state index is 0.140. The van der Waals surface area contributed by atoms with Crippen molar-refractivity contribution in [1.82, 2.24) is 0 Å². The molecule has 0 saturated carbocycles. The first-order valence-corrected chi connectivity index (χ1v) is 8.89. The summed E-state index contributed by atoms with van der Waals surface area (Å²) in [6.07, 6.45) is 3.59. The largest absolute Gasteiger partial charge is 0.299 e. The molecule has 3 aromatic rings. The summed E-state index contributed by atoms with van der Waals surface area (Å²) in [5.41, 5.74) is 5.52. The second-order valence-corrected chi connectivity index (χ2v) is 7.35. The third-order valence-corrected chi connectivity index (χ3v) is 5.86. The summed E-state index contributed by atoms with van der Waals surface area (Å²) < 4.78 is 0. The maximum atomic E-state index is 13.1. The van der Waals surface area contributed by atoms with Crippen molar-refractivity contribution in [2.75, 3.05) is 0 Å². The zero-order chi connectivity index (χ0) is 16.1. The number of rotatable bonds is 0. The first-order chi connectivity index (χ1) is 11.8. The number of hydrogen-bond donors (Lipinski definition) is 0. The van der Waals surface area contributed by atoms with E-state index in [1.165, 1.54) is 33.0 Å². The van der Waals surface area contributed by atoms with Crippen molar-refractivity contribution in [2.45, 2.75) is 25.7 Å². The van der Waals surface area contributed by atoms with Gasteiger partial charge >= 0.3 is 0 Å². The lowest BCUT2D eigenvalue weighted by Gasteiger charge is -2.15. The van der Waals surface area contributed by atoms with Crippen LogP contribution in [0.2, 0.25) is 0 Å². The summed E-state index contributed by atoms with van der Waals surface area (Å²) in [5, 5.41) is 2.58. The molecule has 118 valence electrons. The number of benzene rings is 3. The van der Waals surface area contributed by atoms with Gasteiger partial charge in [0.2, 0.25) is 0 Å². The van der Waals surface area contributed by atoms with Crippen LogP contribution in [-0.2, 0) is 30.5 Å². The van der Waals surface area contributed by atoms with Crippen LogP contribution in [0.4, 0.5) is 0 Å². The van der Waals surface area contributed by atoms with Gasteiger partial charge in [0.05, 0.1) is 0 Å². The van der Waals surface area contributed by atoms with Crippen LogP contribution in [0.5, 0.6) is 0 Å². The summed E-state index contributed by atoms with van der Waals surface area (Å²) in [7, 11) is 0. The highest BCUT2D eigenvalue weighted by Gasteiger charge is 2.35. The smallest absolute Gasteiger partial charge is 0.140 e. The monoisotopic (exact) mass is 312 g/mol. The van der Waals surface area contributed by atoms with E-state index >= 15 is 0 Å². The Labute approximate surface area is 142 Å². The number of carbonyl (C=O) groups is 1. The van der Waals surface area contributed by atoms with E-state index in [2.05, 4.69) is 60.7 Å². The van der Waals surface area contributed by atoms with Gasteiger partial charge in [0.1, 0.15) is 5.78 Å². The standard InChI is InChI=1S/C23H20O/c24-23-21-11-17-7-3-4-8-18(17)12-22(23)14-20-10-16-6-2-1-5-15(16)9-19(20)13-21/h1-10,21-22H,11-14H2. The molecule has 0 saturated heterocycles. The van der Waals surface area contributed by atoms with Crippen LogP contribution in [0.3, 0.4) is 0 Å². The molecule has 2 aliphatic carbocycles. The number of fused-ring (bicyclic) bond motifs is 5. The molecule has 0 aromatic heterocycles. The summed E-state index contributed by atoms with van der Waals surface area (Å²) in [6, 6.07) is 21.8. The molecule has 2 aliphatic rings. The molecule has 0 N–H and O–H groups in total. The van der Waals surface area contributed by atoms with Gasteiger partial charge in [-0.05, 0) is 58.7 Å². The van der Waals surface area contributed by atoms with Crippen molar-refractivity contribution in [3.8, 4) is 0 Å².